The first kappa shape index (κ1) is 17.0. The van der Waals surface area contributed by atoms with E-state index in [2.05, 4.69) is 5.32 Å². The fourth-order valence-electron chi connectivity index (χ4n) is 2.17. The lowest BCUT2D eigenvalue weighted by Crippen LogP contribution is -2.49. The Morgan fingerprint density at radius 1 is 1.24 bits per heavy atom. The second kappa shape index (κ2) is 7.11. The van der Waals surface area contributed by atoms with Crippen molar-refractivity contribution in [2.24, 2.45) is 5.92 Å². The number of nitrogens with one attached hydrogen (secondary N) is 1. The molecule has 0 bridgehead atoms. The van der Waals surface area contributed by atoms with Gasteiger partial charge in [-0.05, 0) is 43.0 Å². The van der Waals surface area contributed by atoms with Gasteiger partial charge in [0.25, 0.3) is 0 Å². The molecule has 1 aromatic rings. The average Bonchev–Trinajstić information content (AvgIpc) is 2.41. The van der Waals surface area contributed by atoms with Gasteiger partial charge in [0.2, 0.25) is 0 Å². The maximum Gasteiger partial charge on any atom is 0.326 e. The molecule has 0 saturated carbocycles. The fourth-order valence-corrected chi connectivity index (χ4v) is 2.17. The first-order valence-corrected chi connectivity index (χ1v) is 7.11. The predicted octanol–water partition coefficient (Wildman–Crippen LogP) is 2.95. The van der Waals surface area contributed by atoms with Crippen molar-refractivity contribution < 1.29 is 14.7 Å². The van der Waals surface area contributed by atoms with Crippen LogP contribution in [0.25, 0.3) is 0 Å². The second-order valence-corrected chi connectivity index (χ2v) is 5.56. The molecule has 2 N–H and O–H groups in total. The van der Waals surface area contributed by atoms with E-state index >= 15 is 0 Å². The Morgan fingerprint density at radius 2 is 1.76 bits per heavy atom. The van der Waals surface area contributed by atoms with Crippen LogP contribution in [-0.4, -0.2) is 30.2 Å². The maximum atomic E-state index is 12.3. The minimum absolute atomic E-state index is 0.126. The van der Waals surface area contributed by atoms with E-state index in [9.17, 15) is 14.7 Å². The number of carboxylic acids is 1. The van der Waals surface area contributed by atoms with Gasteiger partial charge in [-0.15, -0.1) is 0 Å². The summed E-state index contributed by atoms with van der Waals surface area (Å²) in [6.07, 6.45) is 0.685. The van der Waals surface area contributed by atoms with Gasteiger partial charge in [0.1, 0.15) is 6.04 Å². The highest BCUT2D eigenvalue weighted by Crippen LogP contribution is 2.18. The first-order valence-electron chi connectivity index (χ1n) is 7.11. The van der Waals surface area contributed by atoms with Crippen LogP contribution in [0.2, 0.25) is 0 Å². The Hall–Kier alpha value is -2.04. The van der Waals surface area contributed by atoms with Crippen LogP contribution in [0.4, 0.5) is 10.5 Å². The van der Waals surface area contributed by atoms with Gasteiger partial charge >= 0.3 is 12.0 Å². The van der Waals surface area contributed by atoms with Crippen molar-refractivity contribution in [1.29, 1.82) is 0 Å². The third kappa shape index (κ3) is 4.48. The Balaban J connectivity index is 2.89. The number of hydrogen-bond donors (Lipinski definition) is 2. The van der Waals surface area contributed by atoms with Crippen molar-refractivity contribution in [3.05, 3.63) is 29.3 Å². The molecule has 5 heteroatoms. The van der Waals surface area contributed by atoms with Crippen LogP contribution in [0.1, 0.15) is 31.4 Å². The van der Waals surface area contributed by atoms with Gasteiger partial charge in [-0.3, -0.25) is 4.90 Å². The van der Waals surface area contributed by atoms with Crippen molar-refractivity contribution in [3.8, 4) is 0 Å². The monoisotopic (exact) mass is 292 g/mol. The van der Waals surface area contributed by atoms with Crippen molar-refractivity contribution >= 4 is 17.7 Å². The molecule has 116 valence electrons. The molecule has 0 saturated heterocycles. The third-order valence-electron chi connectivity index (χ3n) is 3.66. The number of aryl methyl sites for hydroxylation is 2. The number of hydrogen-bond acceptors (Lipinski definition) is 2. The molecule has 2 amide bonds. The number of aliphatic carboxylic acids is 1. The maximum absolute atomic E-state index is 12.3. The Labute approximate surface area is 126 Å². The largest absolute Gasteiger partial charge is 0.480 e. The van der Waals surface area contributed by atoms with Crippen LogP contribution in [0.5, 0.6) is 0 Å². The number of carbonyl (C=O) groups excluding carboxylic acids is 1. The van der Waals surface area contributed by atoms with Crippen molar-refractivity contribution in [2.45, 2.75) is 40.2 Å². The summed E-state index contributed by atoms with van der Waals surface area (Å²) in [5.74, 6) is -1.13. The van der Waals surface area contributed by atoms with E-state index < -0.39 is 18.0 Å². The zero-order valence-corrected chi connectivity index (χ0v) is 13.3. The molecule has 5 nitrogen and oxygen atoms in total. The summed E-state index contributed by atoms with van der Waals surface area (Å²) in [7, 11) is 1.64. The lowest BCUT2D eigenvalue weighted by molar-refractivity contribution is -0.140. The number of carbonyl (C=O) groups is 2. The van der Waals surface area contributed by atoms with E-state index in [1.54, 1.807) is 7.05 Å². The van der Waals surface area contributed by atoms with Crippen molar-refractivity contribution in [1.82, 2.24) is 5.32 Å². The Bertz CT molecular complexity index is 508. The zero-order valence-electron chi connectivity index (χ0n) is 13.3. The van der Waals surface area contributed by atoms with Gasteiger partial charge in [0, 0.05) is 12.7 Å². The average molecular weight is 292 g/mol. The van der Waals surface area contributed by atoms with E-state index in [1.807, 2.05) is 45.9 Å². The Kier molecular flexibility index (Phi) is 5.76. The van der Waals surface area contributed by atoms with Gasteiger partial charge in [-0.1, -0.05) is 26.3 Å². The third-order valence-corrected chi connectivity index (χ3v) is 3.66. The van der Waals surface area contributed by atoms with Crippen molar-refractivity contribution in [3.63, 3.8) is 0 Å². The number of anilines is 1. The van der Waals surface area contributed by atoms with Gasteiger partial charge < -0.3 is 10.4 Å². The normalized spacial score (nSPS) is 13.4. The predicted molar refractivity (Wildman–Crippen MR) is 83.7 cm³/mol. The molecule has 0 aliphatic rings. The SMILES string of the molecule is CCC(C)[C@H](NC(=O)N(C)c1cc(C)cc(C)c1)C(=O)O. The van der Waals surface area contributed by atoms with E-state index in [4.69, 9.17) is 0 Å². The summed E-state index contributed by atoms with van der Waals surface area (Å²) >= 11 is 0. The van der Waals surface area contributed by atoms with Crippen LogP contribution < -0.4 is 10.2 Å². The molecule has 0 aliphatic heterocycles. The smallest absolute Gasteiger partial charge is 0.326 e. The summed E-state index contributed by atoms with van der Waals surface area (Å²) < 4.78 is 0. The lowest BCUT2D eigenvalue weighted by Gasteiger charge is -2.25. The highest BCUT2D eigenvalue weighted by atomic mass is 16.4. The summed E-state index contributed by atoms with van der Waals surface area (Å²) in [4.78, 5) is 25.0. The molecular formula is C16H24N2O3. The molecule has 21 heavy (non-hydrogen) atoms. The molecule has 0 heterocycles. The molecule has 2 atom stereocenters. The highest BCUT2D eigenvalue weighted by molar-refractivity contribution is 5.94. The molecular weight excluding hydrogens is 268 g/mol. The molecule has 1 unspecified atom stereocenters. The number of amides is 2. The molecule has 0 spiro atoms. The standard InChI is InChI=1S/C16H24N2O3/c1-6-12(4)14(15(19)20)17-16(21)18(5)13-8-10(2)7-11(3)9-13/h7-9,12,14H,6H2,1-5H3,(H,17,21)(H,19,20)/t12?,14-/m0/s1. The van der Waals surface area contributed by atoms with Crippen LogP contribution >= 0.6 is 0 Å². The minimum atomic E-state index is -1.01. The van der Waals surface area contributed by atoms with Gasteiger partial charge in [-0.2, -0.15) is 0 Å². The van der Waals surface area contributed by atoms with E-state index in [0.29, 0.717) is 6.42 Å². The highest BCUT2D eigenvalue weighted by Gasteiger charge is 2.26. The van der Waals surface area contributed by atoms with E-state index in [1.165, 1.54) is 4.90 Å². The Morgan fingerprint density at radius 3 is 2.19 bits per heavy atom. The number of nitrogens with zero attached hydrogens (tertiary/aromatic N) is 1. The van der Waals surface area contributed by atoms with Crippen LogP contribution in [0, 0.1) is 19.8 Å². The molecule has 0 aromatic heterocycles. The van der Waals surface area contributed by atoms with Crippen LogP contribution in [-0.2, 0) is 4.79 Å². The molecule has 1 aromatic carbocycles. The molecule has 0 radical (unpaired) electrons. The fraction of sp³-hybridized carbons (Fsp3) is 0.500. The van der Waals surface area contributed by atoms with E-state index in [-0.39, 0.29) is 5.92 Å². The lowest BCUT2D eigenvalue weighted by atomic mass is 9.99. The summed E-state index contributed by atoms with van der Waals surface area (Å²) in [5, 5.41) is 11.8. The van der Waals surface area contributed by atoms with Crippen LogP contribution in [0.3, 0.4) is 0 Å². The second-order valence-electron chi connectivity index (χ2n) is 5.56. The quantitative estimate of drug-likeness (QED) is 0.876. The summed E-state index contributed by atoms with van der Waals surface area (Å²) in [6, 6.07) is 4.52. The van der Waals surface area contributed by atoms with Gasteiger partial charge in [0.15, 0.2) is 0 Å². The number of urea groups is 1. The van der Waals surface area contributed by atoms with E-state index in [0.717, 1.165) is 16.8 Å². The van der Waals surface area contributed by atoms with Crippen LogP contribution in [0.15, 0.2) is 18.2 Å². The number of benzene rings is 1. The van der Waals surface area contributed by atoms with Gasteiger partial charge in [-0.25, -0.2) is 9.59 Å². The number of rotatable bonds is 5. The number of carboxylic acid groups (broad SMARTS) is 1. The molecule has 0 fully saturated rings. The van der Waals surface area contributed by atoms with Gasteiger partial charge in [0.05, 0.1) is 0 Å². The van der Waals surface area contributed by atoms with Crippen molar-refractivity contribution in [2.75, 3.05) is 11.9 Å². The zero-order chi connectivity index (χ0) is 16.2. The topological polar surface area (TPSA) is 69.6 Å². The summed E-state index contributed by atoms with van der Waals surface area (Å²) in [6.45, 7) is 7.64. The molecule has 1 rings (SSSR count). The minimum Gasteiger partial charge on any atom is -0.480 e. The first-order chi connectivity index (χ1) is 9.76. The molecule has 0 aliphatic carbocycles. The summed E-state index contributed by atoms with van der Waals surface area (Å²) in [5.41, 5.74) is 2.86.